The Hall–Kier alpha value is -3.93. The summed E-state index contributed by atoms with van der Waals surface area (Å²) in [4.78, 5) is 37.3. The van der Waals surface area contributed by atoms with Crippen molar-refractivity contribution in [2.75, 3.05) is 6.61 Å². The number of esters is 1. The molecule has 0 aliphatic carbocycles. The van der Waals surface area contributed by atoms with E-state index >= 15 is 0 Å². The smallest absolute Gasteiger partial charge is 0.375 e. The van der Waals surface area contributed by atoms with Gasteiger partial charge >= 0.3 is 5.97 Å². The molecule has 0 saturated heterocycles. The van der Waals surface area contributed by atoms with Gasteiger partial charge in [0.05, 0.1) is 18.6 Å². The summed E-state index contributed by atoms with van der Waals surface area (Å²) in [6.45, 7) is 8.27. The molecule has 0 amide bonds. The Bertz CT molecular complexity index is 1190. The third kappa shape index (κ3) is 7.28. The average molecular weight is 489 g/mol. The van der Waals surface area contributed by atoms with Crippen LogP contribution in [0.2, 0.25) is 0 Å². The number of ether oxygens (including phenoxy) is 3. The topological polar surface area (TPSA) is 78.9 Å². The van der Waals surface area contributed by atoms with E-state index in [1.54, 1.807) is 19.1 Å². The van der Waals surface area contributed by atoms with Gasteiger partial charge in [-0.3, -0.25) is 9.59 Å². The molecule has 0 aromatic heterocycles. The molecule has 188 valence electrons. The Labute approximate surface area is 212 Å². The van der Waals surface area contributed by atoms with Crippen molar-refractivity contribution in [3.05, 3.63) is 95.1 Å². The fourth-order valence-electron chi connectivity index (χ4n) is 3.60. The third-order valence-corrected chi connectivity index (χ3v) is 5.49. The molecule has 3 aromatic carbocycles. The normalized spacial score (nSPS) is 11.0. The summed E-state index contributed by atoms with van der Waals surface area (Å²) < 4.78 is 17.0. The fourth-order valence-corrected chi connectivity index (χ4v) is 3.60. The summed E-state index contributed by atoms with van der Waals surface area (Å²) in [5.74, 6) is -1.55. The van der Waals surface area contributed by atoms with Crippen LogP contribution in [0, 0.1) is 0 Å². The quantitative estimate of drug-likeness (QED) is 0.146. The number of hydrogen-bond acceptors (Lipinski definition) is 6. The second-order valence-electron chi connectivity index (χ2n) is 9.39. The van der Waals surface area contributed by atoms with E-state index in [-0.39, 0.29) is 29.9 Å². The van der Waals surface area contributed by atoms with Gasteiger partial charge in [-0.05, 0) is 29.5 Å². The van der Waals surface area contributed by atoms with Crippen molar-refractivity contribution in [1.29, 1.82) is 0 Å². The van der Waals surface area contributed by atoms with Gasteiger partial charge in [-0.1, -0.05) is 81.4 Å². The summed E-state index contributed by atoms with van der Waals surface area (Å²) in [5, 5.41) is 0. The number of carbonyl (C=O) groups is 3. The maximum Gasteiger partial charge on any atom is 0.375 e. The highest BCUT2D eigenvalue weighted by molar-refractivity contribution is 6.38. The van der Waals surface area contributed by atoms with Gasteiger partial charge in [-0.25, -0.2) is 4.79 Å². The number of Topliss-reactive ketones (excluding diaryl/α,β-unsaturated/α-hetero) is 2. The molecule has 0 aliphatic rings. The van der Waals surface area contributed by atoms with Gasteiger partial charge in [-0.2, -0.15) is 0 Å². The van der Waals surface area contributed by atoms with Gasteiger partial charge < -0.3 is 14.2 Å². The molecular weight excluding hydrogens is 456 g/mol. The first kappa shape index (κ1) is 26.7. The zero-order valence-electron chi connectivity index (χ0n) is 21.2. The van der Waals surface area contributed by atoms with Crippen molar-refractivity contribution in [2.45, 2.75) is 52.7 Å². The molecule has 0 fully saturated rings. The Balaban J connectivity index is 1.98. The number of ketones is 2. The monoisotopic (exact) mass is 488 g/mol. The van der Waals surface area contributed by atoms with Gasteiger partial charge in [0.1, 0.15) is 24.7 Å². The molecule has 36 heavy (non-hydrogen) atoms. The van der Waals surface area contributed by atoms with Gasteiger partial charge in [0.15, 0.2) is 5.78 Å². The minimum Gasteiger partial charge on any atom is -0.488 e. The van der Waals surface area contributed by atoms with Crippen LogP contribution in [0.1, 0.15) is 61.2 Å². The fraction of sp³-hybridized carbons (Fsp3) is 0.300. The zero-order valence-corrected chi connectivity index (χ0v) is 21.2. The molecule has 0 unspecified atom stereocenters. The van der Waals surface area contributed by atoms with E-state index in [0.717, 1.165) is 16.7 Å². The number of rotatable bonds is 11. The highest BCUT2D eigenvalue weighted by Crippen LogP contribution is 2.38. The van der Waals surface area contributed by atoms with Gasteiger partial charge in [0.25, 0.3) is 0 Å². The minimum absolute atomic E-state index is 0.0613. The lowest BCUT2D eigenvalue weighted by Crippen LogP contribution is -2.22. The second kappa shape index (κ2) is 12.2. The van der Waals surface area contributed by atoms with Crippen LogP contribution in [0.5, 0.6) is 11.5 Å². The molecule has 6 heteroatoms. The van der Waals surface area contributed by atoms with E-state index in [1.807, 2.05) is 81.4 Å². The van der Waals surface area contributed by atoms with Crippen LogP contribution >= 0.6 is 0 Å². The SMILES string of the molecule is CCOC(=O)C(=O)CC(=O)c1cc(C(C)(C)C)c(OCc2ccccc2)cc1OCc1ccccc1. The standard InChI is InChI=1S/C30H32O6/c1-5-34-29(33)26(32)17-25(31)23-16-24(30(2,3)4)28(36-20-22-14-10-7-11-15-22)18-27(23)35-19-21-12-8-6-9-13-21/h6-16,18H,5,17,19-20H2,1-4H3. The molecule has 3 aromatic rings. The second-order valence-corrected chi connectivity index (χ2v) is 9.39. The molecule has 6 nitrogen and oxygen atoms in total. The Kier molecular flexibility index (Phi) is 9.01. The van der Waals surface area contributed by atoms with Crippen LogP contribution in [0.25, 0.3) is 0 Å². The first-order chi connectivity index (χ1) is 17.2. The molecule has 0 atom stereocenters. The summed E-state index contributed by atoms with van der Waals surface area (Å²) in [6.07, 6.45) is -0.603. The maximum atomic E-state index is 13.2. The van der Waals surface area contributed by atoms with Crippen molar-refractivity contribution < 1.29 is 28.6 Å². The zero-order chi connectivity index (χ0) is 26.1. The highest BCUT2D eigenvalue weighted by atomic mass is 16.5. The van der Waals surface area contributed by atoms with Crippen LogP contribution in [-0.4, -0.2) is 24.1 Å². The Morgan fingerprint density at radius 3 is 1.78 bits per heavy atom. The van der Waals surface area contributed by atoms with Crippen LogP contribution in [-0.2, 0) is 33.0 Å². The van der Waals surface area contributed by atoms with Crippen molar-refractivity contribution >= 4 is 17.5 Å². The van der Waals surface area contributed by atoms with Gasteiger partial charge in [0, 0.05) is 11.6 Å². The van der Waals surface area contributed by atoms with Crippen LogP contribution in [0.3, 0.4) is 0 Å². The van der Waals surface area contributed by atoms with E-state index in [4.69, 9.17) is 14.2 Å². The first-order valence-electron chi connectivity index (χ1n) is 11.9. The van der Waals surface area contributed by atoms with Crippen molar-refractivity contribution in [3.63, 3.8) is 0 Å². The molecule has 0 heterocycles. The van der Waals surface area contributed by atoms with Crippen LogP contribution in [0.15, 0.2) is 72.8 Å². The lowest BCUT2D eigenvalue weighted by Gasteiger charge is -2.25. The van der Waals surface area contributed by atoms with Crippen molar-refractivity contribution in [2.24, 2.45) is 0 Å². The molecule has 0 bridgehead atoms. The molecule has 0 radical (unpaired) electrons. The summed E-state index contributed by atoms with van der Waals surface area (Å²) in [7, 11) is 0. The maximum absolute atomic E-state index is 13.2. The lowest BCUT2D eigenvalue weighted by molar-refractivity contribution is -0.153. The Morgan fingerprint density at radius 1 is 0.750 bits per heavy atom. The van der Waals surface area contributed by atoms with E-state index in [1.165, 1.54) is 0 Å². The molecular formula is C30H32O6. The lowest BCUT2D eigenvalue weighted by atomic mass is 9.84. The Morgan fingerprint density at radius 2 is 1.28 bits per heavy atom. The average Bonchev–Trinajstić information content (AvgIpc) is 2.86. The molecule has 0 N–H and O–H groups in total. The number of hydrogen-bond donors (Lipinski definition) is 0. The van der Waals surface area contributed by atoms with Crippen LogP contribution in [0.4, 0.5) is 0 Å². The van der Waals surface area contributed by atoms with Gasteiger partial charge in [0.2, 0.25) is 5.78 Å². The predicted octanol–water partition coefficient (Wildman–Crippen LogP) is 5.85. The van der Waals surface area contributed by atoms with E-state index < -0.39 is 24.0 Å². The molecule has 3 rings (SSSR count). The first-order valence-corrected chi connectivity index (χ1v) is 11.9. The number of benzene rings is 3. The minimum atomic E-state index is -1.02. The largest absolute Gasteiger partial charge is 0.488 e. The predicted molar refractivity (Wildman–Crippen MR) is 137 cm³/mol. The molecule has 0 aliphatic heterocycles. The molecule has 0 spiro atoms. The van der Waals surface area contributed by atoms with Gasteiger partial charge in [-0.15, -0.1) is 0 Å². The van der Waals surface area contributed by atoms with E-state index in [2.05, 4.69) is 0 Å². The summed E-state index contributed by atoms with van der Waals surface area (Å²) >= 11 is 0. The highest BCUT2D eigenvalue weighted by Gasteiger charge is 2.27. The van der Waals surface area contributed by atoms with Crippen molar-refractivity contribution in [3.8, 4) is 11.5 Å². The summed E-state index contributed by atoms with van der Waals surface area (Å²) in [6, 6.07) is 22.7. The summed E-state index contributed by atoms with van der Waals surface area (Å²) in [5.41, 5.74) is 2.57. The molecule has 0 saturated carbocycles. The van der Waals surface area contributed by atoms with E-state index in [0.29, 0.717) is 12.4 Å². The van der Waals surface area contributed by atoms with E-state index in [9.17, 15) is 14.4 Å². The van der Waals surface area contributed by atoms with Crippen molar-refractivity contribution in [1.82, 2.24) is 0 Å². The van der Waals surface area contributed by atoms with Crippen LogP contribution < -0.4 is 9.47 Å². The number of carbonyl (C=O) groups excluding carboxylic acids is 3. The third-order valence-electron chi connectivity index (χ3n) is 5.49.